The third kappa shape index (κ3) is 5.47. The zero-order valence-corrected chi connectivity index (χ0v) is 13.9. The molecule has 8 heteroatoms. The number of aliphatic imine (C=N–C) groups is 1. The quantitative estimate of drug-likeness (QED) is 0.201. The second kappa shape index (κ2) is 9.07. The number of allylic oxidation sites excluding steroid dienone is 1. The highest BCUT2D eigenvalue weighted by Gasteiger charge is 2.21. The molecule has 0 aliphatic heterocycles. The number of hydrogen-bond donors (Lipinski definition) is 0. The highest BCUT2D eigenvalue weighted by molar-refractivity contribution is 5.91. The first kappa shape index (κ1) is 20.3. The fraction of sp³-hybridized carbons (Fsp3) is 0.158. The van der Waals surface area contributed by atoms with E-state index in [1.807, 2.05) is 0 Å². The topological polar surface area (TPSA) is 38.7 Å². The maximum absolute atomic E-state index is 14.1. The van der Waals surface area contributed by atoms with E-state index in [1.54, 1.807) is 0 Å². The summed E-state index contributed by atoms with van der Waals surface area (Å²) >= 11 is 0. The molecule has 2 aromatic carbocycles. The van der Waals surface area contributed by atoms with Gasteiger partial charge in [-0.3, -0.25) is 4.99 Å². The number of nitrogens with zero attached hydrogens (tertiary/aromatic N) is 1. The van der Waals surface area contributed by atoms with E-state index >= 15 is 0 Å². The predicted octanol–water partition coefficient (Wildman–Crippen LogP) is 5.76. The molecule has 0 saturated heterocycles. The molecule has 0 radical (unpaired) electrons. The summed E-state index contributed by atoms with van der Waals surface area (Å²) in [6.07, 6.45) is -0.656. The summed E-state index contributed by atoms with van der Waals surface area (Å²) in [5.41, 5.74) is -0.791. The lowest BCUT2D eigenvalue weighted by Crippen LogP contribution is -2.14. The third-order valence-electron chi connectivity index (χ3n) is 3.57. The summed E-state index contributed by atoms with van der Waals surface area (Å²) < 4.78 is 70.5. The summed E-state index contributed by atoms with van der Waals surface area (Å²) in [6, 6.07) is 5.09. The van der Waals surface area contributed by atoms with Gasteiger partial charge in [0.15, 0.2) is 5.82 Å². The maximum atomic E-state index is 14.1. The van der Waals surface area contributed by atoms with E-state index in [-0.39, 0.29) is 36.3 Å². The van der Waals surface area contributed by atoms with Crippen LogP contribution in [-0.4, -0.2) is 12.7 Å². The molecular formula is C19H14F5NO2. The molecule has 0 fully saturated rings. The average Bonchev–Trinajstić information content (AvgIpc) is 2.58. The highest BCUT2D eigenvalue weighted by atomic mass is 19.3. The van der Waals surface area contributed by atoms with Crippen LogP contribution in [0.2, 0.25) is 0 Å². The fourth-order valence-corrected chi connectivity index (χ4v) is 2.32. The molecule has 0 amide bonds. The van der Waals surface area contributed by atoms with Gasteiger partial charge in [-0.1, -0.05) is 0 Å². The molecule has 3 nitrogen and oxygen atoms in total. The first-order valence-corrected chi connectivity index (χ1v) is 7.79. The molecule has 2 rings (SSSR count). The van der Waals surface area contributed by atoms with Gasteiger partial charge in [-0.15, -0.1) is 0 Å². The first-order valence-electron chi connectivity index (χ1n) is 7.79. The number of rotatable bonds is 7. The van der Waals surface area contributed by atoms with E-state index in [9.17, 15) is 26.7 Å². The van der Waals surface area contributed by atoms with Crippen LogP contribution in [0.3, 0.4) is 0 Å². The molecule has 0 spiro atoms. The number of carbonyl (C=O) groups excluding carboxylic acids is 1. The van der Waals surface area contributed by atoms with Crippen LogP contribution in [-0.2, 0) is 6.42 Å². The van der Waals surface area contributed by atoms with Gasteiger partial charge in [-0.25, -0.2) is 18.0 Å². The Morgan fingerprint density at radius 3 is 2.30 bits per heavy atom. The molecule has 27 heavy (non-hydrogen) atoms. The normalized spacial score (nSPS) is 10.4. The van der Waals surface area contributed by atoms with Crippen LogP contribution < -0.4 is 4.74 Å². The zero-order chi connectivity index (χ0) is 20.0. The fourth-order valence-electron chi connectivity index (χ4n) is 2.32. The highest BCUT2D eigenvalue weighted by Crippen LogP contribution is 2.24. The molecule has 2 aromatic rings. The van der Waals surface area contributed by atoms with E-state index in [0.717, 1.165) is 18.2 Å². The Balaban J connectivity index is 2.13. The zero-order valence-electron chi connectivity index (χ0n) is 13.9. The minimum Gasteiger partial charge on any atom is -0.423 e. The van der Waals surface area contributed by atoms with Gasteiger partial charge in [0.1, 0.15) is 22.9 Å². The van der Waals surface area contributed by atoms with E-state index in [4.69, 9.17) is 4.74 Å². The van der Waals surface area contributed by atoms with Gasteiger partial charge in [0.25, 0.3) is 6.08 Å². The SMILES string of the molecule is C=Nc1ccc(OC(=O)c2c(F)cc(CCCC=C(F)F)cc2F)cc1F. The van der Waals surface area contributed by atoms with Crippen LogP contribution in [0.15, 0.2) is 47.5 Å². The van der Waals surface area contributed by atoms with Crippen LogP contribution in [0.1, 0.15) is 28.8 Å². The molecule has 0 aliphatic rings. The van der Waals surface area contributed by atoms with Gasteiger partial charge in [0, 0.05) is 6.07 Å². The lowest BCUT2D eigenvalue weighted by molar-refractivity contribution is 0.0724. The smallest absolute Gasteiger partial charge is 0.349 e. The third-order valence-corrected chi connectivity index (χ3v) is 3.57. The number of hydrogen-bond acceptors (Lipinski definition) is 3. The number of aryl methyl sites for hydroxylation is 1. The van der Waals surface area contributed by atoms with Crippen molar-refractivity contribution in [1.29, 1.82) is 0 Å². The summed E-state index contributed by atoms with van der Waals surface area (Å²) in [5.74, 6) is -4.73. The molecule has 0 unspecified atom stereocenters. The van der Waals surface area contributed by atoms with Crippen LogP contribution in [0, 0.1) is 17.5 Å². The van der Waals surface area contributed by atoms with Crippen LogP contribution in [0.5, 0.6) is 5.75 Å². The Morgan fingerprint density at radius 1 is 1.07 bits per heavy atom. The van der Waals surface area contributed by atoms with Crippen molar-refractivity contribution >= 4 is 18.4 Å². The van der Waals surface area contributed by atoms with Gasteiger partial charge in [-0.05, 0) is 61.9 Å². The molecule has 0 aliphatic carbocycles. The van der Waals surface area contributed by atoms with Gasteiger partial charge in [0.05, 0.1) is 5.69 Å². The number of ether oxygens (including phenoxy) is 1. The largest absolute Gasteiger partial charge is 0.423 e. The summed E-state index contributed by atoms with van der Waals surface area (Å²) in [4.78, 5) is 15.4. The first-order chi connectivity index (χ1) is 12.8. The van der Waals surface area contributed by atoms with Crippen molar-refractivity contribution < 1.29 is 31.5 Å². The monoisotopic (exact) mass is 383 g/mol. The maximum Gasteiger partial charge on any atom is 0.349 e. The Labute approximate surface area is 151 Å². The number of carbonyl (C=O) groups is 1. The standard InChI is InChI=1S/C19H14F5NO2/c1-25-16-7-6-12(10-13(16)20)27-19(26)18-14(21)8-11(9-15(18)22)4-2-3-5-17(23)24/h5-10H,1-4H2. The molecular weight excluding hydrogens is 369 g/mol. The van der Waals surface area contributed by atoms with E-state index < -0.39 is 35.1 Å². The average molecular weight is 383 g/mol. The van der Waals surface area contributed by atoms with Gasteiger partial charge in [-0.2, -0.15) is 8.78 Å². The number of esters is 1. The Morgan fingerprint density at radius 2 is 1.74 bits per heavy atom. The van der Waals surface area contributed by atoms with Gasteiger partial charge >= 0.3 is 5.97 Å². The molecule has 0 N–H and O–H groups in total. The molecule has 0 bridgehead atoms. The van der Waals surface area contributed by atoms with E-state index in [1.165, 1.54) is 12.1 Å². The molecule has 0 saturated carbocycles. The Kier molecular flexibility index (Phi) is 6.81. The van der Waals surface area contributed by atoms with Crippen molar-refractivity contribution in [1.82, 2.24) is 0 Å². The Bertz CT molecular complexity index is 869. The van der Waals surface area contributed by atoms with Gasteiger partial charge in [0.2, 0.25) is 0 Å². The lowest BCUT2D eigenvalue weighted by atomic mass is 10.0. The molecule has 0 aromatic heterocycles. The Hall–Kier alpha value is -3.03. The van der Waals surface area contributed by atoms with Crippen molar-refractivity contribution in [3.05, 3.63) is 71.1 Å². The number of halogens is 5. The van der Waals surface area contributed by atoms with E-state index in [2.05, 4.69) is 11.7 Å². The predicted molar refractivity (Wildman–Crippen MR) is 90.2 cm³/mol. The summed E-state index contributed by atoms with van der Waals surface area (Å²) in [7, 11) is 0. The second-order valence-electron chi connectivity index (χ2n) is 5.48. The minimum atomic E-state index is -1.82. The lowest BCUT2D eigenvalue weighted by Gasteiger charge is -2.09. The molecule has 0 heterocycles. The second-order valence-corrected chi connectivity index (χ2v) is 5.48. The van der Waals surface area contributed by atoms with Crippen molar-refractivity contribution in [3.8, 4) is 5.75 Å². The minimum absolute atomic E-state index is 0.0521. The number of unbranched alkanes of at least 4 members (excludes halogenated alkanes) is 1. The summed E-state index contributed by atoms with van der Waals surface area (Å²) in [5, 5.41) is 0. The van der Waals surface area contributed by atoms with Crippen LogP contribution in [0.25, 0.3) is 0 Å². The van der Waals surface area contributed by atoms with Crippen LogP contribution in [0.4, 0.5) is 27.6 Å². The van der Waals surface area contributed by atoms with Gasteiger partial charge < -0.3 is 4.74 Å². The summed E-state index contributed by atoms with van der Waals surface area (Å²) in [6.45, 7) is 3.16. The molecule has 142 valence electrons. The van der Waals surface area contributed by atoms with Crippen molar-refractivity contribution in [2.75, 3.05) is 0 Å². The van der Waals surface area contributed by atoms with E-state index in [0.29, 0.717) is 6.08 Å². The van der Waals surface area contributed by atoms with Crippen LogP contribution >= 0.6 is 0 Å². The van der Waals surface area contributed by atoms with Crippen molar-refractivity contribution in [3.63, 3.8) is 0 Å². The van der Waals surface area contributed by atoms with Crippen molar-refractivity contribution in [2.24, 2.45) is 4.99 Å². The number of benzene rings is 2. The van der Waals surface area contributed by atoms with Crippen molar-refractivity contribution in [2.45, 2.75) is 19.3 Å². The molecule has 0 atom stereocenters.